The zero-order valence-electron chi connectivity index (χ0n) is 22.9. The van der Waals surface area contributed by atoms with Gasteiger partial charge in [-0.3, -0.25) is 4.79 Å². The number of carbonyl (C=O) groups excluding carboxylic acids is 2. The lowest BCUT2D eigenvalue weighted by Gasteiger charge is -2.39. The number of likely N-dealkylation sites (tertiary alicyclic amines) is 1. The first-order valence-corrected chi connectivity index (χ1v) is 13.5. The van der Waals surface area contributed by atoms with Crippen LogP contribution in [0.15, 0.2) is 66.7 Å². The molecule has 1 heterocycles. The minimum atomic E-state index is -0.547. The summed E-state index contributed by atoms with van der Waals surface area (Å²) in [4.78, 5) is 26.3. The highest BCUT2D eigenvalue weighted by Gasteiger charge is 2.35. The van der Waals surface area contributed by atoms with Gasteiger partial charge >= 0.3 is 12.1 Å². The van der Waals surface area contributed by atoms with Gasteiger partial charge in [-0.15, -0.1) is 0 Å². The summed E-state index contributed by atoms with van der Waals surface area (Å²) in [5, 5.41) is 2.38. The highest BCUT2D eigenvalue weighted by molar-refractivity contribution is 5.82. The fraction of sp³-hybridized carbons (Fsp3) is 0.438. The van der Waals surface area contributed by atoms with Crippen LogP contribution >= 0.6 is 0 Å². The van der Waals surface area contributed by atoms with E-state index in [-0.39, 0.29) is 24.1 Å². The van der Waals surface area contributed by atoms with Crippen molar-refractivity contribution in [3.05, 3.63) is 83.4 Å². The number of benzene rings is 3. The molecule has 6 nitrogen and oxygen atoms in total. The van der Waals surface area contributed by atoms with Crippen LogP contribution in [-0.4, -0.2) is 48.4 Å². The number of fused-ring (bicyclic) bond motifs is 1. The first-order valence-electron chi connectivity index (χ1n) is 13.5. The minimum absolute atomic E-state index is 0.147. The molecule has 3 aromatic carbocycles. The summed E-state index contributed by atoms with van der Waals surface area (Å²) in [7, 11) is 0. The summed E-state index contributed by atoms with van der Waals surface area (Å²) in [5.74, 6) is -0.0264. The molecule has 1 amide bonds. The molecule has 2 unspecified atom stereocenters. The third kappa shape index (κ3) is 7.57. The summed E-state index contributed by atoms with van der Waals surface area (Å²) in [6.45, 7) is 9.42. The Morgan fingerprint density at radius 2 is 1.66 bits per heavy atom. The third-order valence-electron chi connectivity index (χ3n) is 6.82. The van der Waals surface area contributed by atoms with Crippen molar-refractivity contribution in [2.45, 2.75) is 71.2 Å². The zero-order valence-corrected chi connectivity index (χ0v) is 22.9. The van der Waals surface area contributed by atoms with Crippen LogP contribution in [0, 0.1) is 0 Å². The molecule has 6 heteroatoms. The molecule has 3 aromatic rings. The molecule has 0 spiro atoms. The SMILES string of the molecule is CCOC(=O)CCc1ccc(C2CCN(C(=O)OC(C)(C)C)CC2OCc2ccc3ccccc3c2)cc1. The van der Waals surface area contributed by atoms with Crippen molar-refractivity contribution in [3.8, 4) is 0 Å². The second-order valence-electron chi connectivity index (χ2n) is 10.9. The van der Waals surface area contributed by atoms with Gasteiger partial charge < -0.3 is 19.1 Å². The van der Waals surface area contributed by atoms with Crippen LogP contribution in [-0.2, 0) is 32.0 Å². The number of rotatable bonds is 8. The van der Waals surface area contributed by atoms with Gasteiger partial charge in [0.1, 0.15) is 5.60 Å². The molecule has 1 aliphatic heterocycles. The summed E-state index contributed by atoms with van der Waals surface area (Å²) < 4.78 is 17.2. The van der Waals surface area contributed by atoms with Gasteiger partial charge in [0.2, 0.25) is 0 Å². The molecule has 0 N–H and O–H groups in total. The van der Waals surface area contributed by atoms with E-state index in [2.05, 4.69) is 54.6 Å². The van der Waals surface area contributed by atoms with Crippen molar-refractivity contribution in [1.29, 1.82) is 0 Å². The van der Waals surface area contributed by atoms with Gasteiger partial charge in [0.25, 0.3) is 0 Å². The first kappa shape index (κ1) is 27.6. The van der Waals surface area contributed by atoms with E-state index in [0.29, 0.717) is 39.1 Å². The summed E-state index contributed by atoms with van der Waals surface area (Å²) in [6, 6.07) is 23.1. The Labute approximate surface area is 225 Å². The van der Waals surface area contributed by atoms with Gasteiger partial charge in [0.05, 0.1) is 25.9 Å². The van der Waals surface area contributed by atoms with Crippen LogP contribution in [0.1, 0.15) is 63.1 Å². The van der Waals surface area contributed by atoms with Crippen molar-refractivity contribution >= 4 is 22.8 Å². The molecule has 38 heavy (non-hydrogen) atoms. The molecule has 0 radical (unpaired) electrons. The van der Waals surface area contributed by atoms with E-state index < -0.39 is 5.60 Å². The van der Waals surface area contributed by atoms with Crippen LogP contribution in [0.4, 0.5) is 4.79 Å². The molecule has 0 aliphatic carbocycles. The maximum Gasteiger partial charge on any atom is 0.410 e. The maximum absolute atomic E-state index is 12.9. The monoisotopic (exact) mass is 517 g/mol. The second kappa shape index (κ2) is 12.4. The van der Waals surface area contributed by atoms with Crippen molar-refractivity contribution in [2.75, 3.05) is 19.7 Å². The summed E-state index contributed by atoms with van der Waals surface area (Å²) >= 11 is 0. The average Bonchev–Trinajstić information content (AvgIpc) is 2.90. The Morgan fingerprint density at radius 3 is 2.37 bits per heavy atom. The van der Waals surface area contributed by atoms with Crippen molar-refractivity contribution in [3.63, 3.8) is 0 Å². The van der Waals surface area contributed by atoms with Gasteiger partial charge in [-0.25, -0.2) is 4.79 Å². The van der Waals surface area contributed by atoms with Crippen LogP contribution in [0.5, 0.6) is 0 Å². The van der Waals surface area contributed by atoms with Gasteiger partial charge in [-0.05, 0) is 74.1 Å². The minimum Gasteiger partial charge on any atom is -0.466 e. The topological polar surface area (TPSA) is 65.1 Å². The number of piperidine rings is 1. The number of amides is 1. The molecule has 1 saturated heterocycles. The molecule has 0 bridgehead atoms. The average molecular weight is 518 g/mol. The van der Waals surface area contributed by atoms with Gasteiger partial charge in [-0.1, -0.05) is 60.7 Å². The fourth-order valence-electron chi connectivity index (χ4n) is 4.90. The predicted octanol–water partition coefficient (Wildman–Crippen LogP) is 6.65. The molecule has 4 rings (SSSR count). The molecule has 202 valence electrons. The lowest BCUT2D eigenvalue weighted by atomic mass is 9.86. The van der Waals surface area contributed by atoms with E-state index in [4.69, 9.17) is 14.2 Å². The normalized spacial score (nSPS) is 17.8. The fourth-order valence-corrected chi connectivity index (χ4v) is 4.90. The number of hydrogen-bond donors (Lipinski definition) is 0. The summed E-state index contributed by atoms with van der Waals surface area (Å²) in [5.41, 5.74) is 2.83. The molecule has 0 aromatic heterocycles. The lowest BCUT2D eigenvalue weighted by molar-refractivity contribution is -0.143. The largest absolute Gasteiger partial charge is 0.466 e. The van der Waals surface area contributed by atoms with Crippen molar-refractivity contribution in [2.24, 2.45) is 0 Å². The number of carbonyl (C=O) groups is 2. The molecule has 0 saturated carbocycles. The quantitative estimate of drug-likeness (QED) is 0.313. The summed E-state index contributed by atoms with van der Waals surface area (Å²) in [6.07, 6.45) is 1.33. The van der Waals surface area contributed by atoms with Crippen molar-refractivity contribution < 1.29 is 23.8 Å². The van der Waals surface area contributed by atoms with E-state index in [1.54, 1.807) is 4.90 Å². The Kier molecular flexibility index (Phi) is 9.05. The standard InChI is InChI=1S/C32H39NO5/c1-5-36-30(34)17-13-23-10-15-26(16-11-23)28-18-19-33(31(35)38-32(2,3)4)21-29(28)37-22-24-12-14-25-8-6-7-9-27(25)20-24/h6-12,14-16,20,28-29H,5,13,17-19,21-22H2,1-4H3. The Hall–Kier alpha value is -3.38. The lowest BCUT2D eigenvalue weighted by Crippen LogP contribution is -2.48. The zero-order chi connectivity index (χ0) is 27.1. The van der Waals surface area contributed by atoms with E-state index in [0.717, 1.165) is 17.5 Å². The molecule has 1 fully saturated rings. The van der Waals surface area contributed by atoms with E-state index in [1.165, 1.54) is 16.3 Å². The molecular weight excluding hydrogens is 478 g/mol. The highest BCUT2D eigenvalue weighted by Crippen LogP contribution is 2.32. The van der Waals surface area contributed by atoms with Crippen LogP contribution in [0.25, 0.3) is 10.8 Å². The maximum atomic E-state index is 12.9. The Bertz CT molecular complexity index is 1230. The van der Waals surface area contributed by atoms with Crippen LogP contribution in [0.3, 0.4) is 0 Å². The number of nitrogens with zero attached hydrogens (tertiary/aromatic N) is 1. The third-order valence-corrected chi connectivity index (χ3v) is 6.82. The van der Waals surface area contributed by atoms with Crippen molar-refractivity contribution in [1.82, 2.24) is 4.90 Å². The van der Waals surface area contributed by atoms with Crippen LogP contribution in [0.2, 0.25) is 0 Å². The first-order chi connectivity index (χ1) is 18.2. The van der Waals surface area contributed by atoms with E-state index >= 15 is 0 Å². The second-order valence-corrected chi connectivity index (χ2v) is 10.9. The smallest absolute Gasteiger partial charge is 0.410 e. The number of hydrogen-bond acceptors (Lipinski definition) is 5. The number of aryl methyl sites for hydroxylation is 1. The number of esters is 1. The van der Waals surface area contributed by atoms with E-state index in [1.807, 2.05) is 39.8 Å². The molecular formula is C32H39NO5. The molecule has 1 aliphatic rings. The Balaban J connectivity index is 1.47. The number of ether oxygens (including phenoxy) is 3. The van der Waals surface area contributed by atoms with E-state index in [9.17, 15) is 9.59 Å². The highest BCUT2D eigenvalue weighted by atomic mass is 16.6. The van der Waals surface area contributed by atoms with Gasteiger partial charge in [0, 0.05) is 18.9 Å². The van der Waals surface area contributed by atoms with Crippen LogP contribution < -0.4 is 0 Å². The Morgan fingerprint density at radius 1 is 0.947 bits per heavy atom. The predicted molar refractivity (Wildman–Crippen MR) is 149 cm³/mol. The van der Waals surface area contributed by atoms with Gasteiger partial charge in [-0.2, -0.15) is 0 Å². The van der Waals surface area contributed by atoms with Gasteiger partial charge in [0.15, 0.2) is 0 Å². The molecule has 2 atom stereocenters.